The molecule has 0 saturated carbocycles. The summed E-state index contributed by atoms with van der Waals surface area (Å²) in [5.74, 6) is 0. The molecule has 3 heterocycles. The second-order valence-electron chi connectivity index (χ2n) is 3.78. The van der Waals surface area contributed by atoms with E-state index in [9.17, 15) is 5.11 Å². The minimum atomic E-state index is -0.555. The number of hydrogen-bond donors (Lipinski definition) is 1. The highest BCUT2D eigenvalue weighted by atomic mass is 32.1. The molecule has 0 fully saturated rings. The summed E-state index contributed by atoms with van der Waals surface area (Å²) in [6, 6.07) is 5.81. The maximum atomic E-state index is 10.2. The van der Waals surface area contributed by atoms with E-state index in [1.54, 1.807) is 28.2 Å². The lowest BCUT2D eigenvalue weighted by Gasteiger charge is -2.06. The number of thiazole rings is 1. The van der Waals surface area contributed by atoms with Crippen LogP contribution in [-0.2, 0) is 6.42 Å². The van der Waals surface area contributed by atoms with Crippen LogP contribution in [0.1, 0.15) is 16.7 Å². The van der Waals surface area contributed by atoms with E-state index in [0.717, 1.165) is 16.1 Å². The Morgan fingerprint density at radius 1 is 1.41 bits per heavy atom. The van der Waals surface area contributed by atoms with Crippen molar-refractivity contribution in [3.05, 3.63) is 52.7 Å². The Morgan fingerprint density at radius 2 is 2.35 bits per heavy atom. The van der Waals surface area contributed by atoms with Crippen molar-refractivity contribution < 1.29 is 5.11 Å². The molecule has 0 spiro atoms. The predicted octanol–water partition coefficient (Wildman–Crippen LogP) is 2.07. The number of aliphatic hydroxyl groups excluding tert-OH is 1. The van der Waals surface area contributed by atoms with Crippen LogP contribution < -0.4 is 0 Å². The molecule has 0 aliphatic carbocycles. The van der Waals surface area contributed by atoms with Gasteiger partial charge in [0, 0.05) is 29.8 Å². The van der Waals surface area contributed by atoms with Gasteiger partial charge in [-0.1, -0.05) is 6.07 Å². The van der Waals surface area contributed by atoms with Crippen molar-refractivity contribution in [3.8, 4) is 0 Å². The van der Waals surface area contributed by atoms with Crippen LogP contribution in [0.4, 0.5) is 0 Å². The summed E-state index contributed by atoms with van der Waals surface area (Å²) >= 11 is 1.56. The van der Waals surface area contributed by atoms with Gasteiger partial charge >= 0.3 is 0 Å². The zero-order chi connectivity index (χ0) is 11.7. The van der Waals surface area contributed by atoms with Gasteiger partial charge in [-0.25, -0.2) is 9.50 Å². The van der Waals surface area contributed by atoms with Crippen molar-refractivity contribution >= 4 is 16.9 Å². The molecular weight excluding hydrogens is 234 g/mol. The SMILES string of the molecule is OC(Cc1nccs1)c1cnn2ccccc12. The third-order valence-electron chi connectivity index (χ3n) is 2.67. The molecule has 1 atom stereocenters. The van der Waals surface area contributed by atoms with E-state index in [1.807, 2.05) is 29.8 Å². The molecule has 1 N–H and O–H groups in total. The second kappa shape index (κ2) is 4.27. The molecule has 0 saturated heterocycles. The molecule has 5 heteroatoms. The van der Waals surface area contributed by atoms with Gasteiger partial charge < -0.3 is 5.11 Å². The Hall–Kier alpha value is -1.72. The van der Waals surface area contributed by atoms with Crippen molar-refractivity contribution in [2.24, 2.45) is 0 Å². The predicted molar refractivity (Wildman–Crippen MR) is 66.0 cm³/mol. The van der Waals surface area contributed by atoms with Gasteiger partial charge in [-0.05, 0) is 12.1 Å². The smallest absolute Gasteiger partial charge is 0.0954 e. The molecule has 0 bridgehead atoms. The van der Waals surface area contributed by atoms with Crippen molar-refractivity contribution in [3.63, 3.8) is 0 Å². The number of aliphatic hydroxyl groups is 1. The van der Waals surface area contributed by atoms with Gasteiger partial charge in [0.05, 0.1) is 22.8 Å². The first-order valence-electron chi connectivity index (χ1n) is 5.33. The number of fused-ring (bicyclic) bond motifs is 1. The maximum Gasteiger partial charge on any atom is 0.0954 e. The van der Waals surface area contributed by atoms with E-state index in [1.165, 1.54) is 0 Å². The molecule has 17 heavy (non-hydrogen) atoms. The summed E-state index contributed by atoms with van der Waals surface area (Å²) < 4.78 is 1.76. The average molecular weight is 245 g/mol. The first kappa shape index (κ1) is 10.4. The van der Waals surface area contributed by atoms with Crippen molar-refractivity contribution in [2.45, 2.75) is 12.5 Å². The zero-order valence-electron chi connectivity index (χ0n) is 9.02. The fourth-order valence-corrected chi connectivity index (χ4v) is 2.49. The molecular formula is C12H11N3OS. The molecule has 0 aliphatic heterocycles. The molecule has 3 aromatic heterocycles. The largest absolute Gasteiger partial charge is 0.388 e. The molecule has 0 aliphatic rings. The summed E-state index contributed by atoms with van der Waals surface area (Å²) in [4.78, 5) is 4.18. The number of rotatable bonds is 3. The Kier molecular flexibility index (Phi) is 2.62. The Bertz CT molecular complexity index is 618. The number of nitrogens with zero attached hydrogens (tertiary/aromatic N) is 3. The third-order valence-corrected chi connectivity index (χ3v) is 3.47. The van der Waals surface area contributed by atoms with Crippen LogP contribution >= 0.6 is 11.3 Å². The Labute approximate surface area is 102 Å². The minimum Gasteiger partial charge on any atom is -0.388 e. The van der Waals surface area contributed by atoms with Crippen molar-refractivity contribution in [1.29, 1.82) is 0 Å². The van der Waals surface area contributed by atoms with Gasteiger partial charge in [0.25, 0.3) is 0 Å². The number of hydrogen-bond acceptors (Lipinski definition) is 4. The minimum absolute atomic E-state index is 0.536. The lowest BCUT2D eigenvalue weighted by Crippen LogP contribution is -2.01. The van der Waals surface area contributed by atoms with Crippen LogP contribution in [0.5, 0.6) is 0 Å². The summed E-state index contributed by atoms with van der Waals surface area (Å²) in [6.45, 7) is 0. The standard InChI is InChI=1S/C12H11N3OS/c16-11(7-12-13-4-6-17-12)9-8-14-15-5-2-1-3-10(9)15/h1-6,8,11,16H,7H2. The van der Waals surface area contributed by atoms with Crippen LogP contribution in [0.3, 0.4) is 0 Å². The van der Waals surface area contributed by atoms with Gasteiger partial charge in [0.15, 0.2) is 0 Å². The fraction of sp³-hybridized carbons (Fsp3) is 0.167. The van der Waals surface area contributed by atoms with Gasteiger partial charge in [-0.2, -0.15) is 5.10 Å². The summed E-state index contributed by atoms with van der Waals surface area (Å²) in [5.41, 5.74) is 1.79. The molecule has 1 unspecified atom stereocenters. The normalized spacial score (nSPS) is 13.0. The highest BCUT2D eigenvalue weighted by Gasteiger charge is 2.14. The van der Waals surface area contributed by atoms with Crippen LogP contribution in [-0.4, -0.2) is 19.7 Å². The fourth-order valence-electron chi connectivity index (χ4n) is 1.84. The molecule has 0 radical (unpaired) electrons. The van der Waals surface area contributed by atoms with Gasteiger partial charge in [0.2, 0.25) is 0 Å². The lowest BCUT2D eigenvalue weighted by molar-refractivity contribution is 0.180. The zero-order valence-corrected chi connectivity index (χ0v) is 9.84. The highest BCUT2D eigenvalue weighted by Crippen LogP contribution is 2.23. The Balaban J connectivity index is 1.93. The van der Waals surface area contributed by atoms with E-state index >= 15 is 0 Å². The van der Waals surface area contributed by atoms with E-state index in [2.05, 4.69) is 10.1 Å². The summed E-state index contributed by atoms with van der Waals surface area (Å²) in [7, 11) is 0. The molecule has 4 nitrogen and oxygen atoms in total. The molecule has 86 valence electrons. The van der Waals surface area contributed by atoms with E-state index < -0.39 is 6.10 Å². The third kappa shape index (κ3) is 1.94. The van der Waals surface area contributed by atoms with Gasteiger partial charge in [-0.3, -0.25) is 0 Å². The van der Waals surface area contributed by atoms with Crippen LogP contribution in [0, 0.1) is 0 Å². The average Bonchev–Trinajstić information content (AvgIpc) is 2.96. The molecule has 3 rings (SSSR count). The molecule has 3 aromatic rings. The van der Waals surface area contributed by atoms with E-state index in [4.69, 9.17) is 0 Å². The van der Waals surface area contributed by atoms with Gasteiger partial charge in [-0.15, -0.1) is 11.3 Å². The first-order valence-corrected chi connectivity index (χ1v) is 6.21. The topological polar surface area (TPSA) is 50.4 Å². The summed E-state index contributed by atoms with van der Waals surface area (Å²) in [5, 5.41) is 17.3. The molecule has 0 aromatic carbocycles. The second-order valence-corrected chi connectivity index (χ2v) is 4.76. The first-order chi connectivity index (χ1) is 8.34. The monoisotopic (exact) mass is 245 g/mol. The van der Waals surface area contributed by atoms with Crippen molar-refractivity contribution in [1.82, 2.24) is 14.6 Å². The van der Waals surface area contributed by atoms with E-state index in [0.29, 0.717) is 6.42 Å². The van der Waals surface area contributed by atoms with E-state index in [-0.39, 0.29) is 0 Å². The quantitative estimate of drug-likeness (QED) is 0.768. The van der Waals surface area contributed by atoms with Crippen LogP contribution in [0.15, 0.2) is 42.2 Å². The lowest BCUT2D eigenvalue weighted by atomic mass is 10.1. The number of pyridine rings is 1. The van der Waals surface area contributed by atoms with Gasteiger partial charge in [0.1, 0.15) is 0 Å². The summed E-state index contributed by atoms with van der Waals surface area (Å²) in [6.07, 6.45) is 5.32. The Morgan fingerprint density at radius 3 is 3.18 bits per heavy atom. The maximum absolute atomic E-state index is 10.2. The number of aromatic nitrogens is 3. The highest BCUT2D eigenvalue weighted by molar-refractivity contribution is 7.09. The van der Waals surface area contributed by atoms with Crippen molar-refractivity contribution in [2.75, 3.05) is 0 Å². The molecule has 0 amide bonds. The van der Waals surface area contributed by atoms with Crippen LogP contribution in [0.25, 0.3) is 5.52 Å². The van der Waals surface area contributed by atoms with Crippen LogP contribution in [0.2, 0.25) is 0 Å².